The molecule has 0 amide bonds. The number of aliphatic hydroxyl groups is 1. The molecule has 0 saturated carbocycles. The molecule has 4 nitrogen and oxygen atoms in total. The molecular weight excluding hydrogens is 264 g/mol. The van der Waals surface area contributed by atoms with Gasteiger partial charge in [-0.05, 0) is 28.1 Å². The number of hydrogen-bond acceptors (Lipinski definition) is 4. The number of aromatic hydroxyl groups is 1. The fourth-order valence-electron chi connectivity index (χ4n) is 1.40. The van der Waals surface area contributed by atoms with Gasteiger partial charge < -0.3 is 10.2 Å². The molecule has 1 aromatic rings. The molecule has 0 saturated heterocycles. The maximum Gasteiger partial charge on any atom is 0.237 e. The molecule has 0 radical (unpaired) electrons. The highest BCUT2D eigenvalue weighted by molar-refractivity contribution is 9.10. The van der Waals surface area contributed by atoms with Gasteiger partial charge in [-0.1, -0.05) is 0 Å². The van der Waals surface area contributed by atoms with Crippen LogP contribution in [-0.4, -0.2) is 21.8 Å². The minimum Gasteiger partial charge on any atom is -0.507 e. The maximum atomic E-state index is 11.4. The van der Waals surface area contributed by atoms with Gasteiger partial charge in [0, 0.05) is 11.6 Å². The van der Waals surface area contributed by atoms with Crippen molar-refractivity contribution in [2.24, 2.45) is 0 Å². The first-order chi connectivity index (χ1) is 7.02. The summed E-state index contributed by atoms with van der Waals surface area (Å²) in [5, 5.41) is 19.0. The molecule has 76 valence electrons. The van der Waals surface area contributed by atoms with Crippen LogP contribution in [0.2, 0.25) is 0 Å². The third-order valence-electron chi connectivity index (χ3n) is 2.12. The number of benzene rings is 1. The summed E-state index contributed by atoms with van der Waals surface area (Å²) in [6.45, 7) is 0. The van der Waals surface area contributed by atoms with Crippen molar-refractivity contribution in [2.75, 3.05) is 0 Å². The zero-order chi connectivity index (χ0) is 11.2. The molecule has 0 bridgehead atoms. The predicted octanol–water partition coefficient (Wildman–Crippen LogP) is 1.82. The molecule has 0 heterocycles. The minimum absolute atomic E-state index is 0.158. The van der Waals surface area contributed by atoms with E-state index in [9.17, 15) is 19.8 Å². The normalized spacial score (nSPS) is 14.9. The van der Waals surface area contributed by atoms with Gasteiger partial charge in [0.15, 0.2) is 0 Å². The first kappa shape index (κ1) is 9.92. The van der Waals surface area contributed by atoms with Crippen LogP contribution in [0.25, 0.3) is 5.76 Å². The van der Waals surface area contributed by atoms with Crippen LogP contribution < -0.4 is 0 Å². The average molecular weight is 269 g/mol. The zero-order valence-corrected chi connectivity index (χ0v) is 8.91. The summed E-state index contributed by atoms with van der Waals surface area (Å²) in [6.07, 6.45) is 0.845. The number of phenolic OH excluding ortho intramolecular Hbond substituents is 1. The molecule has 0 atom stereocenters. The van der Waals surface area contributed by atoms with Gasteiger partial charge in [-0.2, -0.15) is 0 Å². The molecule has 1 aromatic carbocycles. The molecule has 0 aromatic heterocycles. The van der Waals surface area contributed by atoms with Gasteiger partial charge in [-0.25, -0.2) is 0 Å². The van der Waals surface area contributed by atoms with Crippen LogP contribution in [0.5, 0.6) is 5.75 Å². The third-order valence-corrected chi connectivity index (χ3v) is 2.76. The number of hydrogen-bond donors (Lipinski definition) is 2. The van der Waals surface area contributed by atoms with Crippen LogP contribution in [0.4, 0.5) is 0 Å². The van der Waals surface area contributed by atoms with Crippen LogP contribution >= 0.6 is 15.9 Å². The molecule has 2 rings (SSSR count). The second-order valence-electron chi connectivity index (χ2n) is 3.04. The largest absolute Gasteiger partial charge is 0.507 e. The molecule has 0 aliphatic heterocycles. The average Bonchev–Trinajstić information content (AvgIpc) is 2.19. The van der Waals surface area contributed by atoms with Crippen molar-refractivity contribution in [3.63, 3.8) is 0 Å². The molecular formula is C10H5BrO4. The number of halogens is 1. The summed E-state index contributed by atoms with van der Waals surface area (Å²) >= 11 is 3.03. The molecule has 15 heavy (non-hydrogen) atoms. The summed E-state index contributed by atoms with van der Waals surface area (Å²) in [4.78, 5) is 22.6. The molecule has 0 unspecified atom stereocenters. The van der Waals surface area contributed by atoms with Crippen molar-refractivity contribution in [1.29, 1.82) is 0 Å². The first-order valence-corrected chi connectivity index (χ1v) is 4.83. The Hall–Kier alpha value is -1.62. The van der Waals surface area contributed by atoms with E-state index in [4.69, 9.17) is 0 Å². The Morgan fingerprint density at radius 1 is 1.13 bits per heavy atom. The number of aliphatic hydroxyl groups excluding tert-OH is 1. The minimum atomic E-state index is -0.839. The topological polar surface area (TPSA) is 74.6 Å². The Balaban J connectivity index is 2.81. The molecule has 0 spiro atoms. The molecule has 1 aliphatic rings. The second-order valence-corrected chi connectivity index (χ2v) is 3.90. The summed E-state index contributed by atoms with van der Waals surface area (Å²) in [7, 11) is 0. The van der Waals surface area contributed by atoms with Gasteiger partial charge >= 0.3 is 0 Å². The fourth-order valence-corrected chi connectivity index (χ4v) is 1.73. The van der Waals surface area contributed by atoms with Crippen molar-refractivity contribution in [1.82, 2.24) is 0 Å². The lowest BCUT2D eigenvalue weighted by atomic mass is 9.93. The lowest BCUT2D eigenvalue weighted by Crippen LogP contribution is -2.18. The van der Waals surface area contributed by atoms with Gasteiger partial charge in [0.25, 0.3) is 0 Å². The van der Waals surface area contributed by atoms with Crippen molar-refractivity contribution >= 4 is 33.3 Å². The van der Waals surface area contributed by atoms with Gasteiger partial charge in [-0.3, -0.25) is 9.59 Å². The maximum absolute atomic E-state index is 11.4. The molecule has 5 heteroatoms. The zero-order valence-electron chi connectivity index (χ0n) is 7.32. The van der Waals surface area contributed by atoms with Crippen molar-refractivity contribution in [3.8, 4) is 5.75 Å². The van der Waals surface area contributed by atoms with E-state index in [2.05, 4.69) is 15.9 Å². The highest BCUT2D eigenvalue weighted by atomic mass is 79.9. The summed E-state index contributed by atoms with van der Waals surface area (Å²) in [5.74, 6) is -2.29. The molecule has 0 fully saturated rings. The van der Waals surface area contributed by atoms with E-state index in [0.717, 1.165) is 6.08 Å². The van der Waals surface area contributed by atoms with E-state index in [1.54, 1.807) is 0 Å². The van der Waals surface area contributed by atoms with Crippen molar-refractivity contribution in [2.45, 2.75) is 0 Å². The van der Waals surface area contributed by atoms with E-state index in [-0.39, 0.29) is 22.6 Å². The van der Waals surface area contributed by atoms with Crippen LogP contribution in [0.3, 0.4) is 0 Å². The van der Waals surface area contributed by atoms with Crippen LogP contribution in [0.15, 0.2) is 22.7 Å². The number of fused-ring (bicyclic) bond motifs is 1. The Kier molecular flexibility index (Phi) is 2.12. The van der Waals surface area contributed by atoms with Crippen LogP contribution in [0, 0.1) is 0 Å². The fraction of sp³-hybridized carbons (Fsp3) is 0. The summed E-state index contributed by atoms with van der Waals surface area (Å²) < 4.78 is 0.303. The summed E-state index contributed by atoms with van der Waals surface area (Å²) in [6, 6.07) is 2.94. The third kappa shape index (κ3) is 1.35. The number of rotatable bonds is 0. The van der Waals surface area contributed by atoms with E-state index < -0.39 is 11.6 Å². The van der Waals surface area contributed by atoms with Gasteiger partial charge in [-0.15, -0.1) is 0 Å². The first-order valence-electron chi connectivity index (χ1n) is 4.03. The van der Waals surface area contributed by atoms with E-state index in [0.29, 0.717) is 4.47 Å². The summed E-state index contributed by atoms with van der Waals surface area (Å²) in [5.41, 5.74) is 0.00896. The molecule has 1 aliphatic carbocycles. The predicted molar refractivity (Wildman–Crippen MR) is 55.8 cm³/mol. The molecule has 2 N–H and O–H groups in total. The second kappa shape index (κ2) is 3.20. The number of allylic oxidation sites excluding steroid dienone is 1. The van der Waals surface area contributed by atoms with Gasteiger partial charge in [0.05, 0.1) is 10.0 Å². The van der Waals surface area contributed by atoms with Crippen molar-refractivity contribution < 1.29 is 19.8 Å². The van der Waals surface area contributed by atoms with E-state index in [1.165, 1.54) is 12.1 Å². The Bertz CT molecular complexity index is 516. The monoisotopic (exact) mass is 268 g/mol. The quantitative estimate of drug-likeness (QED) is 0.704. The van der Waals surface area contributed by atoms with Crippen LogP contribution in [-0.2, 0) is 4.79 Å². The number of carbonyl (C=O) groups excluding carboxylic acids is 2. The Morgan fingerprint density at radius 2 is 1.80 bits per heavy atom. The van der Waals surface area contributed by atoms with Gasteiger partial charge in [0.2, 0.25) is 11.6 Å². The Morgan fingerprint density at radius 3 is 2.47 bits per heavy atom. The van der Waals surface area contributed by atoms with Crippen molar-refractivity contribution in [3.05, 3.63) is 33.8 Å². The van der Waals surface area contributed by atoms with E-state index in [1.807, 2.05) is 0 Å². The number of phenols is 1. The lowest BCUT2D eigenvalue weighted by Gasteiger charge is -2.13. The lowest BCUT2D eigenvalue weighted by molar-refractivity contribution is -0.111. The van der Waals surface area contributed by atoms with E-state index >= 15 is 0 Å². The number of ketones is 2. The smallest absolute Gasteiger partial charge is 0.237 e. The highest BCUT2D eigenvalue weighted by Crippen LogP contribution is 2.35. The number of carbonyl (C=O) groups is 2. The standard InChI is InChI=1S/C10H5BrO4/c11-5-2-1-4-6(12)3-7(13)10(15)8(4)9(5)14/h1-3,12,14H. The van der Waals surface area contributed by atoms with Crippen LogP contribution in [0.1, 0.15) is 15.9 Å². The SMILES string of the molecule is O=C1C=C(O)c2ccc(Br)c(O)c2C1=O. The highest BCUT2D eigenvalue weighted by Gasteiger charge is 2.29. The Labute approximate surface area is 93.0 Å². The van der Waals surface area contributed by atoms with Gasteiger partial charge in [0.1, 0.15) is 11.5 Å². The number of Topliss-reactive ketones (excluding diaryl/α,β-unsaturated/α-hetero) is 1.